The van der Waals surface area contributed by atoms with Crippen LogP contribution in [0.4, 0.5) is 26.3 Å². The molecule has 0 saturated carbocycles. The van der Waals surface area contributed by atoms with Gasteiger partial charge in [0.25, 0.3) is 5.60 Å². The second-order valence-electron chi connectivity index (χ2n) is 8.53. The summed E-state index contributed by atoms with van der Waals surface area (Å²) in [6.07, 6.45) is -10.7. The molecule has 1 aliphatic rings. The maximum absolute atomic E-state index is 13.9. The number of nitrogens with zero attached hydrogens (tertiary/aromatic N) is 1. The second kappa shape index (κ2) is 7.46. The van der Waals surface area contributed by atoms with Gasteiger partial charge in [-0.25, -0.2) is 0 Å². The smallest absolute Gasteiger partial charge is 0.411 e. The Bertz CT molecular complexity index is 801. The van der Waals surface area contributed by atoms with Crippen molar-refractivity contribution in [2.45, 2.75) is 63.3 Å². The van der Waals surface area contributed by atoms with Crippen LogP contribution in [0, 0.1) is 0 Å². The highest BCUT2D eigenvalue weighted by Crippen LogP contribution is 2.50. The third-order valence-corrected chi connectivity index (χ3v) is 10.0. The number of benzene rings is 1. The number of halogens is 7. The second-order valence-corrected chi connectivity index (χ2v) is 13.8. The van der Waals surface area contributed by atoms with E-state index >= 15 is 0 Å². The average Bonchev–Trinajstić information content (AvgIpc) is 2.96. The van der Waals surface area contributed by atoms with E-state index in [0.717, 1.165) is 6.07 Å². The first kappa shape index (κ1) is 24.0. The molecule has 2 rings (SSSR count). The normalized spacial score (nSPS) is 21.2. The summed E-state index contributed by atoms with van der Waals surface area (Å²) >= 11 is 5.67. The maximum Gasteiger partial charge on any atom is 0.435 e. The van der Waals surface area contributed by atoms with Gasteiger partial charge in [-0.05, 0) is 36.3 Å². The number of oxime groups is 1. The molecule has 0 fully saturated rings. The van der Waals surface area contributed by atoms with Gasteiger partial charge in [0, 0.05) is 17.0 Å². The average molecular weight is 462 g/mol. The molecule has 29 heavy (non-hydrogen) atoms. The number of hydrogen-bond donors (Lipinski definition) is 0. The maximum atomic E-state index is 13.9. The fraction of sp³-hybridized carbons (Fsp3) is 0.611. The fourth-order valence-electron chi connectivity index (χ4n) is 2.51. The topological polar surface area (TPSA) is 30.8 Å². The van der Waals surface area contributed by atoms with E-state index in [1.807, 2.05) is 33.9 Å². The van der Waals surface area contributed by atoms with Crippen LogP contribution < -0.4 is 0 Å². The van der Waals surface area contributed by atoms with Crippen LogP contribution in [-0.4, -0.2) is 26.8 Å². The molecule has 1 aliphatic heterocycles. The van der Waals surface area contributed by atoms with Crippen molar-refractivity contribution in [3.8, 4) is 0 Å². The monoisotopic (exact) mass is 461 g/mol. The van der Waals surface area contributed by atoms with E-state index in [9.17, 15) is 26.3 Å². The summed E-state index contributed by atoms with van der Waals surface area (Å²) in [5.41, 5.74) is -5.13. The standard InChI is InChI=1S/C18H22ClF6NO2Si/c1-15(2,3)29(4,5)27-10-14-9-16(28-26-14,18(23,24)25)11-6-12(17(20,21)22)8-13(19)7-11/h6-8H,9-10H2,1-5H3. The molecule has 0 spiro atoms. The van der Waals surface area contributed by atoms with E-state index < -0.39 is 48.8 Å². The minimum absolute atomic E-state index is 0.0271. The van der Waals surface area contributed by atoms with Gasteiger partial charge >= 0.3 is 12.4 Å². The van der Waals surface area contributed by atoms with Gasteiger partial charge in [-0.1, -0.05) is 37.5 Å². The van der Waals surface area contributed by atoms with Gasteiger partial charge in [0.15, 0.2) is 8.32 Å². The lowest BCUT2D eigenvalue weighted by Crippen LogP contribution is -2.44. The fourth-order valence-corrected chi connectivity index (χ4v) is 3.70. The van der Waals surface area contributed by atoms with E-state index in [-0.39, 0.29) is 17.4 Å². The highest BCUT2D eigenvalue weighted by atomic mass is 35.5. The third kappa shape index (κ3) is 4.91. The molecule has 1 aromatic rings. The van der Waals surface area contributed by atoms with Crippen LogP contribution in [0.1, 0.15) is 38.3 Å². The van der Waals surface area contributed by atoms with Gasteiger partial charge in [-0.15, -0.1) is 0 Å². The minimum Gasteiger partial charge on any atom is -0.411 e. The summed E-state index contributed by atoms with van der Waals surface area (Å²) in [5.74, 6) is 0. The number of hydrogen-bond acceptors (Lipinski definition) is 3. The van der Waals surface area contributed by atoms with Gasteiger partial charge in [0.2, 0.25) is 0 Å². The van der Waals surface area contributed by atoms with Crippen LogP contribution >= 0.6 is 11.6 Å². The van der Waals surface area contributed by atoms with Gasteiger partial charge < -0.3 is 9.26 Å². The zero-order valence-electron chi connectivity index (χ0n) is 16.6. The van der Waals surface area contributed by atoms with E-state index in [1.54, 1.807) is 0 Å². The Morgan fingerprint density at radius 3 is 2.17 bits per heavy atom. The molecule has 1 atom stereocenters. The van der Waals surface area contributed by atoms with E-state index in [4.69, 9.17) is 20.9 Å². The summed E-state index contributed by atoms with van der Waals surface area (Å²) in [6, 6.07) is 1.77. The molecule has 0 saturated heterocycles. The van der Waals surface area contributed by atoms with Crippen molar-refractivity contribution in [3.63, 3.8) is 0 Å². The predicted molar refractivity (Wildman–Crippen MR) is 100 cm³/mol. The highest BCUT2D eigenvalue weighted by Gasteiger charge is 2.62. The minimum atomic E-state index is -5.03. The van der Waals surface area contributed by atoms with Gasteiger partial charge in [0.05, 0.1) is 17.9 Å². The summed E-state index contributed by atoms with van der Waals surface area (Å²) in [6.45, 7) is 9.56. The summed E-state index contributed by atoms with van der Waals surface area (Å²) in [4.78, 5) is 4.75. The SMILES string of the molecule is CC(C)(C)[Si](C)(C)OCC1=NOC(c2cc(Cl)cc(C(F)(F)F)c2)(C(F)(F)F)C1. The Morgan fingerprint density at radius 2 is 1.69 bits per heavy atom. The van der Waals surface area contributed by atoms with Gasteiger partial charge in [0.1, 0.15) is 0 Å². The molecule has 3 nitrogen and oxygen atoms in total. The molecule has 0 aromatic heterocycles. The molecule has 11 heteroatoms. The van der Waals surface area contributed by atoms with Crippen LogP contribution in [0.15, 0.2) is 23.4 Å². The number of alkyl halides is 6. The molecule has 0 aliphatic carbocycles. The van der Waals surface area contributed by atoms with Crippen molar-refractivity contribution in [1.29, 1.82) is 0 Å². The van der Waals surface area contributed by atoms with Crippen LogP contribution in [0.25, 0.3) is 0 Å². The lowest BCUT2D eigenvalue weighted by molar-refractivity contribution is -0.276. The van der Waals surface area contributed by atoms with E-state index in [2.05, 4.69) is 5.16 Å². The Balaban J connectivity index is 2.36. The molecule has 0 bridgehead atoms. The van der Waals surface area contributed by atoms with Crippen LogP contribution in [0.2, 0.25) is 23.2 Å². The molecule has 1 unspecified atom stereocenters. The largest absolute Gasteiger partial charge is 0.435 e. The molecule has 1 aromatic carbocycles. The van der Waals surface area contributed by atoms with Gasteiger partial charge in [-0.2, -0.15) is 26.3 Å². The quantitative estimate of drug-likeness (QED) is 0.360. The first-order valence-corrected chi connectivity index (χ1v) is 12.0. The lowest BCUT2D eigenvalue weighted by Gasteiger charge is -2.36. The predicted octanol–water partition coefficient (Wildman–Crippen LogP) is 6.91. The van der Waals surface area contributed by atoms with Crippen molar-refractivity contribution in [1.82, 2.24) is 0 Å². The van der Waals surface area contributed by atoms with Crippen molar-refractivity contribution in [2.24, 2.45) is 5.16 Å². The molecule has 0 amide bonds. The number of rotatable bonds is 4. The third-order valence-electron chi connectivity index (χ3n) is 5.34. The van der Waals surface area contributed by atoms with Crippen molar-refractivity contribution in [3.05, 3.63) is 34.3 Å². The molecular formula is C18H22ClF6NO2Si. The van der Waals surface area contributed by atoms with Crippen LogP contribution in [0.3, 0.4) is 0 Å². The van der Waals surface area contributed by atoms with Crippen LogP contribution in [0.5, 0.6) is 0 Å². The zero-order chi connectivity index (χ0) is 22.5. The molecule has 1 heterocycles. The van der Waals surface area contributed by atoms with Gasteiger partial charge in [-0.3, -0.25) is 0 Å². The Labute approximate surface area is 171 Å². The summed E-state index contributed by atoms with van der Waals surface area (Å²) in [7, 11) is -2.27. The van der Waals surface area contributed by atoms with E-state index in [1.165, 1.54) is 0 Å². The summed E-state index contributed by atoms with van der Waals surface area (Å²) in [5, 5.41) is 2.85. The van der Waals surface area contributed by atoms with Crippen molar-refractivity contribution < 1.29 is 35.6 Å². The Morgan fingerprint density at radius 1 is 1.10 bits per heavy atom. The Kier molecular flexibility index (Phi) is 6.17. The first-order valence-electron chi connectivity index (χ1n) is 8.72. The molecular weight excluding hydrogens is 440 g/mol. The van der Waals surface area contributed by atoms with Crippen LogP contribution in [-0.2, 0) is 21.0 Å². The zero-order valence-corrected chi connectivity index (χ0v) is 18.3. The van der Waals surface area contributed by atoms with Crippen molar-refractivity contribution in [2.75, 3.05) is 6.61 Å². The first-order chi connectivity index (χ1) is 12.9. The summed E-state index contributed by atoms with van der Waals surface area (Å²) < 4.78 is 86.9. The lowest BCUT2D eigenvalue weighted by atomic mass is 9.87. The molecule has 0 N–H and O–H groups in total. The highest BCUT2D eigenvalue weighted by molar-refractivity contribution is 6.74. The Hall–Kier alpha value is -1.26. The molecule has 164 valence electrons. The van der Waals surface area contributed by atoms with Crippen molar-refractivity contribution >= 4 is 25.6 Å². The van der Waals surface area contributed by atoms with E-state index in [0.29, 0.717) is 12.1 Å². The molecule has 0 radical (unpaired) electrons.